The SMILES string of the molecule is Cl.O=C(c1cccc2c1CCCN2)N1CCCCCC1. The molecule has 1 aromatic rings. The maximum absolute atomic E-state index is 12.7. The van der Waals surface area contributed by atoms with Gasteiger partial charge in [-0.2, -0.15) is 0 Å². The van der Waals surface area contributed by atoms with E-state index in [1.165, 1.54) is 18.4 Å². The number of amides is 1. The fourth-order valence-corrected chi connectivity index (χ4v) is 3.15. The van der Waals surface area contributed by atoms with Gasteiger partial charge in [0.1, 0.15) is 0 Å². The lowest BCUT2D eigenvalue weighted by atomic mass is 9.97. The quantitative estimate of drug-likeness (QED) is 0.860. The lowest BCUT2D eigenvalue weighted by Crippen LogP contribution is -2.33. The van der Waals surface area contributed by atoms with Crippen molar-refractivity contribution in [2.75, 3.05) is 25.0 Å². The number of nitrogens with zero attached hydrogens (tertiary/aromatic N) is 1. The Morgan fingerprint density at radius 2 is 1.80 bits per heavy atom. The van der Waals surface area contributed by atoms with Crippen LogP contribution in [0.15, 0.2) is 18.2 Å². The first-order valence-electron chi connectivity index (χ1n) is 7.51. The fourth-order valence-electron chi connectivity index (χ4n) is 3.15. The third-order valence-electron chi connectivity index (χ3n) is 4.22. The number of rotatable bonds is 1. The van der Waals surface area contributed by atoms with E-state index in [9.17, 15) is 4.79 Å². The van der Waals surface area contributed by atoms with Gasteiger partial charge in [-0.1, -0.05) is 18.9 Å². The van der Waals surface area contributed by atoms with Crippen LogP contribution in [0.1, 0.15) is 48.0 Å². The van der Waals surface area contributed by atoms with Crippen molar-refractivity contribution in [3.05, 3.63) is 29.3 Å². The summed E-state index contributed by atoms with van der Waals surface area (Å²) >= 11 is 0. The minimum Gasteiger partial charge on any atom is -0.385 e. The van der Waals surface area contributed by atoms with Gasteiger partial charge in [-0.05, 0) is 43.4 Å². The summed E-state index contributed by atoms with van der Waals surface area (Å²) in [4.78, 5) is 14.8. The van der Waals surface area contributed by atoms with E-state index in [-0.39, 0.29) is 18.3 Å². The van der Waals surface area contributed by atoms with E-state index in [0.29, 0.717) is 0 Å². The molecule has 0 unspecified atom stereocenters. The van der Waals surface area contributed by atoms with Crippen LogP contribution >= 0.6 is 12.4 Å². The Kier molecular flexibility index (Phi) is 5.30. The van der Waals surface area contributed by atoms with Crippen LogP contribution in [0.5, 0.6) is 0 Å². The predicted molar refractivity (Wildman–Crippen MR) is 84.9 cm³/mol. The summed E-state index contributed by atoms with van der Waals surface area (Å²) in [6.07, 6.45) is 6.98. The summed E-state index contributed by atoms with van der Waals surface area (Å²) in [5.41, 5.74) is 3.31. The van der Waals surface area contributed by atoms with E-state index in [1.807, 2.05) is 12.1 Å². The third kappa shape index (κ3) is 3.09. The summed E-state index contributed by atoms with van der Waals surface area (Å²) in [5.74, 6) is 0.238. The van der Waals surface area contributed by atoms with Crippen LogP contribution in [0, 0.1) is 0 Å². The first-order valence-corrected chi connectivity index (χ1v) is 7.51. The van der Waals surface area contributed by atoms with Crippen LogP contribution in [-0.2, 0) is 6.42 Å². The zero-order valence-corrected chi connectivity index (χ0v) is 12.7. The second-order valence-corrected chi connectivity index (χ2v) is 5.57. The molecule has 4 heteroatoms. The van der Waals surface area contributed by atoms with Crippen molar-refractivity contribution in [1.29, 1.82) is 0 Å². The second-order valence-electron chi connectivity index (χ2n) is 5.57. The topological polar surface area (TPSA) is 32.3 Å². The minimum absolute atomic E-state index is 0. The summed E-state index contributed by atoms with van der Waals surface area (Å²) in [6, 6.07) is 6.09. The normalized spacial score (nSPS) is 18.3. The predicted octanol–water partition coefficient (Wildman–Crippen LogP) is 3.48. The zero-order chi connectivity index (χ0) is 13.1. The van der Waals surface area contributed by atoms with E-state index in [1.54, 1.807) is 0 Å². The maximum atomic E-state index is 12.7. The lowest BCUT2D eigenvalue weighted by Gasteiger charge is -2.25. The van der Waals surface area contributed by atoms with Crippen LogP contribution in [0.25, 0.3) is 0 Å². The Hall–Kier alpha value is -1.22. The van der Waals surface area contributed by atoms with E-state index >= 15 is 0 Å². The number of carbonyl (C=O) groups excluding carboxylic acids is 1. The van der Waals surface area contributed by atoms with Crippen LogP contribution in [0.4, 0.5) is 5.69 Å². The number of nitrogens with one attached hydrogen (secondary N) is 1. The molecule has 0 atom stereocenters. The van der Waals surface area contributed by atoms with Gasteiger partial charge in [-0.3, -0.25) is 4.79 Å². The highest BCUT2D eigenvalue weighted by molar-refractivity contribution is 5.97. The van der Waals surface area contributed by atoms with Gasteiger partial charge in [-0.25, -0.2) is 0 Å². The molecule has 1 N–H and O–H groups in total. The maximum Gasteiger partial charge on any atom is 0.254 e. The monoisotopic (exact) mass is 294 g/mol. The molecule has 0 bridgehead atoms. The molecule has 2 aliphatic rings. The Labute approximate surface area is 127 Å². The zero-order valence-electron chi connectivity index (χ0n) is 11.9. The molecular weight excluding hydrogens is 272 g/mol. The molecule has 0 saturated carbocycles. The second kappa shape index (κ2) is 6.98. The first-order chi connectivity index (χ1) is 9.36. The van der Waals surface area contributed by atoms with Gasteiger partial charge in [0.25, 0.3) is 5.91 Å². The molecule has 1 aromatic carbocycles. The van der Waals surface area contributed by atoms with Gasteiger partial charge in [0, 0.05) is 30.9 Å². The van der Waals surface area contributed by atoms with Gasteiger partial charge in [-0.15, -0.1) is 12.4 Å². The van der Waals surface area contributed by atoms with Gasteiger partial charge in [0.2, 0.25) is 0 Å². The van der Waals surface area contributed by atoms with Crippen molar-refractivity contribution in [3.63, 3.8) is 0 Å². The molecule has 2 heterocycles. The average molecular weight is 295 g/mol. The highest BCUT2D eigenvalue weighted by atomic mass is 35.5. The molecule has 0 aliphatic carbocycles. The molecule has 1 fully saturated rings. The number of hydrogen-bond donors (Lipinski definition) is 1. The largest absolute Gasteiger partial charge is 0.385 e. The van der Waals surface area contributed by atoms with E-state index < -0.39 is 0 Å². The standard InChI is InChI=1S/C16H22N2O.ClH/c19-16(18-11-3-1-2-4-12-18)14-7-5-9-15-13(14)8-6-10-17-15;/h5,7,9,17H,1-4,6,8,10-12H2;1H. The highest BCUT2D eigenvalue weighted by Gasteiger charge is 2.22. The van der Waals surface area contributed by atoms with Crippen molar-refractivity contribution in [1.82, 2.24) is 4.90 Å². The van der Waals surface area contributed by atoms with Gasteiger partial charge < -0.3 is 10.2 Å². The van der Waals surface area contributed by atoms with Gasteiger partial charge in [0.05, 0.1) is 0 Å². The molecule has 3 rings (SSSR count). The Bertz CT molecular complexity index is 468. The number of anilines is 1. The number of hydrogen-bond acceptors (Lipinski definition) is 2. The summed E-state index contributed by atoms with van der Waals surface area (Å²) in [6.45, 7) is 2.88. The molecular formula is C16H23ClN2O. The Morgan fingerprint density at radius 3 is 2.55 bits per heavy atom. The number of benzene rings is 1. The third-order valence-corrected chi connectivity index (χ3v) is 4.22. The summed E-state index contributed by atoms with van der Waals surface area (Å²) < 4.78 is 0. The minimum atomic E-state index is 0. The first kappa shape index (κ1) is 15.2. The van der Waals surface area contributed by atoms with Crippen molar-refractivity contribution in [2.45, 2.75) is 38.5 Å². The molecule has 3 nitrogen and oxygen atoms in total. The van der Waals surface area contributed by atoms with Gasteiger partial charge in [0.15, 0.2) is 0 Å². The van der Waals surface area contributed by atoms with Crippen LogP contribution in [0.3, 0.4) is 0 Å². The molecule has 110 valence electrons. The Morgan fingerprint density at radius 1 is 1.05 bits per heavy atom. The molecule has 20 heavy (non-hydrogen) atoms. The van der Waals surface area contributed by atoms with Crippen molar-refractivity contribution in [3.8, 4) is 0 Å². The fraction of sp³-hybridized carbons (Fsp3) is 0.562. The van der Waals surface area contributed by atoms with E-state index in [4.69, 9.17) is 0 Å². The molecule has 0 spiro atoms. The smallest absolute Gasteiger partial charge is 0.254 e. The van der Waals surface area contributed by atoms with Crippen LogP contribution in [0.2, 0.25) is 0 Å². The summed E-state index contributed by atoms with van der Waals surface area (Å²) in [7, 11) is 0. The molecule has 1 amide bonds. The molecule has 1 saturated heterocycles. The van der Waals surface area contributed by atoms with Crippen molar-refractivity contribution in [2.24, 2.45) is 0 Å². The average Bonchev–Trinajstić information content (AvgIpc) is 2.75. The van der Waals surface area contributed by atoms with Crippen molar-refractivity contribution >= 4 is 24.0 Å². The van der Waals surface area contributed by atoms with Gasteiger partial charge >= 0.3 is 0 Å². The van der Waals surface area contributed by atoms with Crippen LogP contribution in [-0.4, -0.2) is 30.4 Å². The summed E-state index contributed by atoms with van der Waals surface area (Å²) in [5, 5.41) is 3.40. The van der Waals surface area contributed by atoms with Crippen molar-refractivity contribution < 1.29 is 4.79 Å². The number of fused-ring (bicyclic) bond motifs is 1. The highest BCUT2D eigenvalue weighted by Crippen LogP contribution is 2.26. The molecule has 2 aliphatic heterocycles. The molecule has 0 aromatic heterocycles. The van der Waals surface area contributed by atoms with E-state index in [2.05, 4.69) is 16.3 Å². The lowest BCUT2D eigenvalue weighted by molar-refractivity contribution is 0.0760. The number of halogens is 1. The number of carbonyl (C=O) groups is 1. The van der Waals surface area contributed by atoms with E-state index in [0.717, 1.165) is 56.6 Å². The number of likely N-dealkylation sites (tertiary alicyclic amines) is 1. The van der Waals surface area contributed by atoms with Crippen LogP contribution < -0.4 is 5.32 Å². The Balaban J connectivity index is 0.00000147. The molecule has 0 radical (unpaired) electrons.